The molecule has 0 fully saturated rings. The number of hydrogen-bond acceptors (Lipinski definition) is 2. The Morgan fingerprint density at radius 3 is 2.72 bits per heavy atom. The largest absolute Gasteiger partial charge is 0.316 e. The summed E-state index contributed by atoms with van der Waals surface area (Å²) in [6.07, 6.45) is 2.04. The van der Waals surface area contributed by atoms with Crippen LogP contribution in [0.5, 0.6) is 0 Å². The standard InChI is InChI=1S/C15H18FNS/c1-12-11-14(16)5-4-13(12)6-8-17-9-7-15-3-2-10-18-15/h2-5,10-11,17H,6-9H2,1H3. The first-order valence-corrected chi connectivity index (χ1v) is 7.12. The molecule has 2 rings (SSSR count). The summed E-state index contributed by atoms with van der Waals surface area (Å²) in [5.41, 5.74) is 2.26. The third kappa shape index (κ3) is 3.93. The van der Waals surface area contributed by atoms with Crippen molar-refractivity contribution in [2.24, 2.45) is 0 Å². The summed E-state index contributed by atoms with van der Waals surface area (Å²) in [7, 11) is 0. The Balaban J connectivity index is 1.69. The lowest BCUT2D eigenvalue weighted by Gasteiger charge is -2.07. The van der Waals surface area contributed by atoms with E-state index in [2.05, 4.69) is 22.8 Å². The van der Waals surface area contributed by atoms with Crippen molar-refractivity contribution in [3.05, 3.63) is 57.5 Å². The predicted molar refractivity (Wildman–Crippen MR) is 75.7 cm³/mol. The molecule has 2 aromatic rings. The molecular formula is C15H18FNS. The van der Waals surface area contributed by atoms with Crippen LogP contribution in [-0.2, 0) is 12.8 Å². The van der Waals surface area contributed by atoms with E-state index in [0.717, 1.165) is 31.5 Å². The van der Waals surface area contributed by atoms with Gasteiger partial charge in [-0.1, -0.05) is 12.1 Å². The Kier molecular flexibility index (Phi) is 4.90. The van der Waals surface area contributed by atoms with E-state index in [9.17, 15) is 4.39 Å². The third-order valence-corrected chi connectivity index (χ3v) is 3.94. The number of thiophene rings is 1. The maximum Gasteiger partial charge on any atom is 0.123 e. The highest BCUT2D eigenvalue weighted by Crippen LogP contribution is 2.10. The van der Waals surface area contributed by atoms with E-state index in [0.29, 0.717) is 0 Å². The maximum absolute atomic E-state index is 12.9. The molecule has 1 N–H and O–H groups in total. The fraction of sp³-hybridized carbons (Fsp3) is 0.333. The van der Waals surface area contributed by atoms with Crippen LogP contribution < -0.4 is 5.32 Å². The van der Waals surface area contributed by atoms with Crippen molar-refractivity contribution in [1.82, 2.24) is 5.32 Å². The molecule has 0 atom stereocenters. The van der Waals surface area contributed by atoms with Gasteiger partial charge < -0.3 is 5.32 Å². The lowest BCUT2D eigenvalue weighted by atomic mass is 10.1. The molecule has 1 heterocycles. The first-order chi connectivity index (χ1) is 8.75. The average Bonchev–Trinajstić information content (AvgIpc) is 2.84. The van der Waals surface area contributed by atoms with Gasteiger partial charge in [-0.05, 0) is 67.6 Å². The number of benzene rings is 1. The molecule has 0 aliphatic carbocycles. The molecule has 0 unspecified atom stereocenters. The summed E-state index contributed by atoms with van der Waals surface area (Å²) in [6.45, 7) is 3.91. The highest BCUT2D eigenvalue weighted by molar-refractivity contribution is 7.09. The van der Waals surface area contributed by atoms with Gasteiger partial charge in [-0.15, -0.1) is 11.3 Å². The van der Waals surface area contributed by atoms with Crippen molar-refractivity contribution in [2.75, 3.05) is 13.1 Å². The number of halogens is 1. The summed E-state index contributed by atoms with van der Waals surface area (Å²) < 4.78 is 12.9. The van der Waals surface area contributed by atoms with Crippen LogP contribution in [0.3, 0.4) is 0 Å². The second kappa shape index (κ2) is 6.66. The quantitative estimate of drug-likeness (QED) is 0.786. The summed E-state index contributed by atoms with van der Waals surface area (Å²) in [5.74, 6) is -0.151. The fourth-order valence-electron chi connectivity index (χ4n) is 1.95. The van der Waals surface area contributed by atoms with Gasteiger partial charge in [-0.2, -0.15) is 0 Å². The molecule has 0 saturated heterocycles. The van der Waals surface area contributed by atoms with Crippen molar-refractivity contribution in [3.63, 3.8) is 0 Å². The molecule has 3 heteroatoms. The van der Waals surface area contributed by atoms with Gasteiger partial charge in [0.25, 0.3) is 0 Å². The summed E-state index contributed by atoms with van der Waals surface area (Å²) in [4.78, 5) is 1.42. The monoisotopic (exact) mass is 263 g/mol. The number of rotatable bonds is 6. The van der Waals surface area contributed by atoms with Crippen molar-refractivity contribution in [3.8, 4) is 0 Å². The zero-order chi connectivity index (χ0) is 12.8. The van der Waals surface area contributed by atoms with Crippen LogP contribution in [0.4, 0.5) is 4.39 Å². The lowest BCUT2D eigenvalue weighted by molar-refractivity contribution is 0.624. The Bertz CT molecular complexity index is 479. The molecule has 1 aromatic carbocycles. The van der Waals surface area contributed by atoms with Crippen molar-refractivity contribution in [2.45, 2.75) is 19.8 Å². The van der Waals surface area contributed by atoms with Gasteiger partial charge in [0, 0.05) is 4.88 Å². The second-order valence-electron chi connectivity index (χ2n) is 4.40. The number of nitrogens with one attached hydrogen (secondary N) is 1. The topological polar surface area (TPSA) is 12.0 Å². The van der Waals surface area contributed by atoms with Gasteiger partial charge in [-0.3, -0.25) is 0 Å². The van der Waals surface area contributed by atoms with E-state index in [1.807, 2.05) is 13.0 Å². The van der Waals surface area contributed by atoms with Crippen molar-refractivity contribution >= 4 is 11.3 Å². The minimum absolute atomic E-state index is 0.151. The van der Waals surface area contributed by atoms with Crippen molar-refractivity contribution < 1.29 is 4.39 Å². The van der Waals surface area contributed by atoms with Crippen LogP contribution in [0.15, 0.2) is 35.7 Å². The molecule has 0 radical (unpaired) electrons. The molecule has 1 nitrogen and oxygen atoms in total. The molecule has 1 aromatic heterocycles. The molecule has 0 aliphatic rings. The van der Waals surface area contributed by atoms with Crippen LogP contribution in [-0.4, -0.2) is 13.1 Å². The molecule has 0 bridgehead atoms. The van der Waals surface area contributed by atoms with E-state index < -0.39 is 0 Å². The smallest absolute Gasteiger partial charge is 0.123 e. The maximum atomic E-state index is 12.9. The van der Waals surface area contributed by atoms with Gasteiger partial charge in [0.1, 0.15) is 5.82 Å². The first-order valence-electron chi connectivity index (χ1n) is 6.24. The van der Waals surface area contributed by atoms with Gasteiger partial charge in [-0.25, -0.2) is 4.39 Å². The average molecular weight is 263 g/mol. The van der Waals surface area contributed by atoms with Gasteiger partial charge in [0.2, 0.25) is 0 Å². The number of hydrogen-bond donors (Lipinski definition) is 1. The zero-order valence-corrected chi connectivity index (χ0v) is 11.4. The Hall–Kier alpha value is -1.19. The highest BCUT2D eigenvalue weighted by Gasteiger charge is 2.00. The van der Waals surface area contributed by atoms with Gasteiger partial charge in [0.05, 0.1) is 0 Å². The number of aryl methyl sites for hydroxylation is 1. The molecule has 0 spiro atoms. The molecular weight excluding hydrogens is 245 g/mol. The SMILES string of the molecule is Cc1cc(F)ccc1CCNCCc1cccs1. The fourth-order valence-corrected chi connectivity index (χ4v) is 2.66. The molecule has 0 amide bonds. The second-order valence-corrected chi connectivity index (χ2v) is 5.43. The summed E-state index contributed by atoms with van der Waals surface area (Å²) in [5, 5.41) is 5.54. The van der Waals surface area contributed by atoms with Crippen LogP contribution in [0.25, 0.3) is 0 Å². The minimum Gasteiger partial charge on any atom is -0.316 e. The van der Waals surface area contributed by atoms with Gasteiger partial charge >= 0.3 is 0 Å². The zero-order valence-electron chi connectivity index (χ0n) is 10.6. The van der Waals surface area contributed by atoms with Crippen LogP contribution >= 0.6 is 11.3 Å². The Morgan fingerprint density at radius 2 is 2.00 bits per heavy atom. The highest BCUT2D eigenvalue weighted by atomic mass is 32.1. The normalized spacial score (nSPS) is 10.8. The van der Waals surface area contributed by atoms with Crippen molar-refractivity contribution in [1.29, 1.82) is 0 Å². The minimum atomic E-state index is -0.151. The summed E-state index contributed by atoms with van der Waals surface area (Å²) >= 11 is 1.80. The Labute approximate surface area is 112 Å². The third-order valence-electron chi connectivity index (χ3n) is 3.00. The molecule has 96 valence electrons. The molecule has 0 aliphatic heterocycles. The molecule has 0 saturated carbocycles. The summed E-state index contributed by atoms with van der Waals surface area (Å²) in [6, 6.07) is 9.26. The van der Waals surface area contributed by atoms with E-state index >= 15 is 0 Å². The van der Waals surface area contributed by atoms with Crippen LogP contribution in [0.2, 0.25) is 0 Å². The van der Waals surface area contributed by atoms with Crippen LogP contribution in [0.1, 0.15) is 16.0 Å². The van der Waals surface area contributed by atoms with Crippen LogP contribution in [0, 0.1) is 12.7 Å². The van der Waals surface area contributed by atoms with E-state index in [-0.39, 0.29) is 5.82 Å². The molecule has 18 heavy (non-hydrogen) atoms. The first kappa shape index (κ1) is 13.2. The van der Waals surface area contributed by atoms with Gasteiger partial charge in [0.15, 0.2) is 0 Å². The lowest BCUT2D eigenvalue weighted by Crippen LogP contribution is -2.20. The Morgan fingerprint density at radius 1 is 1.17 bits per heavy atom. The van der Waals surface area contributed by atoms with E-state index in [4.69, 9.17) is 0 Å². The predicted octanol–water partition coefficient (Wildman–Crippen LogP) is 3.57. The van der Waals surface area contributed by atoms with E-state index in [1.54, 1.807) is 17.4 Å². The van der Waals surface area contributed by atoms with E-state index in [1.165, 1.54) is 16.5 Å².